The Kier molecular flexibility index (Phi) is 2.74. The normalized spacial score (nSPS) is 11.0. The van der Waals surface area contributed by atoms with Gasteiger partial charge in [-0.15, -0.1) is 5.10 Å². The zero-order valence-electron chi connectivity index (χ0n) is 11.3. The standard InChI is InChI=1S/C16H13N5/c1-2-6-12(7-3-1)10-21-11-14(16-17-19-20-18-16)13-8-4-5-9-15(13)21/h1-9,11H,10H2,(H,17,18,19,20). The van der Waals surface area contributed by atoms with E-state index in [9.17, 15) is 0 Å². The molecule has 1 N–H and O–H groups in total. The first-order valence-electron chi connectivity index (χ1n) is 6.78. The van der Waals surface area contributed by atoms with Gasteiger partial charge in [-0.05, 0) is 22.1 Å². The molecule has 0 saturated carbocycles. The third-order valence-electron chi connectivity index (χ3n) is 3.58. The lowest BCUT2D eigenvalue weighted by atomic mass is 10.2. The van der Waals surface area contributed by atoms with Crippen LogP contribution in [0.25, 0.3) is 22.3 Å². The van der Waals surface area contributed by atoms with Crippen LogP contribution in [0.4, 0.5) is 0 Å². The van der Waals surface area contributed by atoms with E-state index in [4.69, 9.17) is 0 Å². The van der Waals surface area contributed by atoms with Crippen LogP contribution in [0, 0.1) is 0 Å². The summed E-state index contributed by atoms with van der Waals surface area (Å²) < 4.78 is 2.22. The highest BCUT2D eigenvalue weighted by Gasteiger charge is 2.12. The molecule has 0 spiro atoms. The van der Waals surface area contributed by atoms with E-state index in [0.29, 0.717) is 5.82 Å². The molecule has 0 aliphatic carbocycles. The van der Waals surface area contributed by atoms with E-state index < -0.39 is 0 Å². The first-order valence-corrected chi connectivity index (χ1v) is 6.78. The largest absolute Gasteiger partial charge is 0.342 e. The summed E-state index contributed by atoms with van der Waals surface area (Å²) in [7, 11) is 0. The Morgan fingerprint density at radius 2 is 1.76 bits per heavy atom. The van der Waals surface area contributed by atoms with Crippen molar-refractivity contribution in [3.63, 3.8) is 0 Å². The Bertz CT molecular complexity index is 862. The minimum atomic E-state index is 0.693. The number of tetrazole rings is 1. The summed E-state index contributed by atoms with van der Waals surface area (Å²) in [6.07, 6.45) is 2.10. The molecule has 5 heteroatoms. The van der Waals surface area contributed by atoms with Gasteiger partial charge in [-0.1, -0.05) is 48.5 Å². The molecule has 0 atom stereocenters. The first-order chi connectivity index (χ1) is 10.4. The van der Waals surface area contributed by atoms with Gasteiger partial charge in [0.1, 0.15) is 0 Å². The van der Waals surface area contributed by atoms with Crippen molar-refractivity contribution in [2.45, 2.75) is 6.54 Å². The quantitative estimate of drug-likeness (QED) is 0.625. The number of hydrogen-bond donors (Lipinski definition) is 1. The van der Waals surface area contributed by atoms with Gasteiger partial charge in [0.05, 0.1) is 0 Å². The molecule has 4 rings (SSSR count). The predicted octanol–water partition coefficient (Wildman–Crippen LogP) is 2.87. The van der Waals surface area contributed by atoms with Gasteiger partial charge in [0, 0.05) is 29.2 Å². The Balaban J connectivity index is 1.86. The molecule has 0 bridgehead atoms. The van der Waals surface area contributed by atoms with Crippen molar-refractivity contribution in [3.05, 3.63) is 66.4 Å². The lowest BCUT2D eigenvalue weighted by Gasteiger charge is -2.05. The van der Waals surface area contributed by atoms with Crippen molar-refractivity contribution in [1.29, 1.82) is 0 Å². The topological polar surface area (TPSA) is 59.4 Å². The summed E-state index contributed by atoms with van der Waals surface area (Å²) >= 11 is 0. The van der Waals surface area contributed by atoms with E-state index in [0.717, 1.165) is 17.5 Å². The number of fused-ring (bicyclic) bond motifs is 1. The second kappa shape index (κ2) is 4.86. The number of rotatable bonds is 3. The maximum absolute atomic E-state index is 4.03. The highest BCUT2D eigenvalue weighted by molar-refractivity contribution is 5.94. The molecular weight excluding hydrogens is 262 g/mol. The van der Waals surface area contributed by atoms with Gasteiger partial charge in [0.25, 0.3) is 0 Å². The molecule has 2 aromatic heterocycles. The smallest absolute Gasteiger partial charge is 0.181 e. The van der Waals surface area contributed by atoms with Crippen LogP contribution in [-0.2, 0) is 6.54 Å². The van der Waals surface area contributed by atoms with E-state index >= 15 is 0 Å². The summed E-state index contributed by atoms with van der Waals surface area (Å²) in [6.45, 7) is 0.822. The third-order valence-corrected chi connectivity index (χ3v) is 3.58. The second-order valence-corrected chi connectivity index (χ2v) is 4.92. The average Bonchev–Trinajstić information content (AvgIpc) is 3.17. The summed E-state index contributed by atoms with van der Waals surface area (Å²) in [6, 6.07) is 18.7. The number of hydrogen-bond acceptors (Lipinski definition) is 3. The van der Waals surface area contributed by atoms with E-state index in [2.05, 4.69) is 67.8 Å². The molecule has 2 aromatic carbocycles. The van der Waals surface area contributed by atoms with Crippen LogP contribution in [0.2, 0.25) is 0 Å². The average molecular weight is 275 g/mol. The van der Waals surface area contributed by atoms with Gasteiger partial charge in [0.2, 0.25) is 0 Å². The molecule has 0 saturated heterocycles. The van der Waals surface area contributed by atoms with Crippen molar-refractivity contribution in [1.82, 2.24) is 25.2 Å². The molecule has 0 unspecified atom stereocenters. The molecule has 2 heterocycles. The van der Waals surface area contributed by atoms with Crippen molar-refractivity contribution in [2.75, 3.05) is 0 Å². The molecule has 21 heavy (non-hydrogen) atoms. The minimum absolute atomic E-state index is 0.693. The number of aromatic nitrogens is 5. The maximum atomic E-state index is 4.03. The highest BCUT2D eigenvalue weighted by atomic mass is 15.5. The van der Waals surface area contributed by atoms with Crippen LogP contribution < -0.4 is 0 Å². The monoisotopic (exact) mass is 275 g/mol. The minimum Gasteiger partial charge on any atom is -0.342 e. The molecule has 0 amide bonds. The van der Waals surface area contributed by atoms with Gasteiger partial charge in [0.15, 0.2) is 5.82 Å². The van der Waals surface area contributed by atoms with Crippen molar-refractivity contribution < 1.29 is 0 Å². The summed E-state index contributed by atoms with van der Waals surface area (Å²) in [5.41, 5.74) is 3.46. The van der Waals surface area contributed by atoms with Crippen molar-refractivity contribution >= 4 is 10.9 Å². The van der Waals surface area contributed by atoms with Crippen molar-refractivity contribution in [2.24, 2.45) is 0 Å². The first kappa shape index (κ1) is 11.8. The van der Waals surface area contributed by atoms with Crippen molar-refractivity contribution in [3.8, 4) is 11.4 Å². The van der Waals surface area contributed by atoms with E-state index in [1.54, 1.807) is 0 Å². The number of H-pyrrole nitrogens is 1. The molecule has 4 aromatic rings. The Morgan fingerprint density at radius 3 is 2.57 bits per heavy atom. The predicted molar refractivity (Wildman–Crippen MR) is 80.7 cm³/mol. The number of aromatic amines is 1. The number of nitrogens with zero attached hydrogens (tertiary/aromatic N) is 4. The molecule has 0 radical (unpaired) electrons. The second-order valence-electron chi connectivity index (χ2n) is 4.92. The molecule has 0 aliphatic rings. The van der Waals surface area contributed by atoms with E-state index in [-0.39, 0.29) is 0 Å². The summed E-state index contributed by atoms with van der Waals surface area (Å²) in [4.78, 5) is 0. The highest BCUT2D eigenvalue weighted by Crippen LogP contribution is 2.28. The van der Waals surface area contributed by atoms with Crippen LogP contribution in [-0.4, -0.2) is 25.2 Å². The number of benzene rings is 2. The van der Waals surface area contributed by atoms with Gasteiger partial charge in [-0.2, -0.15) is 0 Å². The molecule has 0 fully saturated rings. The van der Waals surface area contributed by atoms with Gasteiger partial charge >= 0.3 is 0 Å². The summed E-state index contributed by atoms with van der Waals surface area (Å²) in [5, 5.41) is 15.3. The van der Waals surface area contributed by atoms with Gasteiger partial charge < -0.3 is 4.57 Å². The molecule has 5 nitrogen and oxygen atoms in total. The molecule has 0 aliphatic heterocycles. The number of nitrogens with one attached hydrogen (secondary N) is 1. The van der Waals surface area contributed by atoms with E-state index in [1.165, 1.54) is 11.1 Å². The van der Waals surface area contributed by atoms with Crippen LogP contribution in [0.1, 0.15) is 5.56 Å². The summed E-state index contributed by atoms with van der Waals surface area (Å²) in [5.74, 6) is 0.693. The zero-order chi connectivity index (χ0) is 14.1. The van der Waals surface area contributed by atoms with Crippen LogP contribution in [0.3, 0.4) is 0 Å². The zero-order valence-corrected chi connectivity index (χ0v) is 11.3. The fraction of sp³-hybridized carbons (Fsp3) is 0.0625. The van der Waals surface area contributed by atoms with Gasteiger partial charge in [-0.25, -0.2) is 5.10 Å². The molecular formula is C16H13N5. The van der Waals surface area contributed by atoms with Crippen LogP contribution in [0.5, 0.6) is 0 Å². The maximum Gasteiger partial charge on any atom is 0.181 e. The van der Waals surface area contributed by atoms with E-state index in [1.807, 2.05) is 18.2 Å². The lowest BCUT2D eigenvalue weighted by molar-refractivity contribution is 0.837. The number of para-hydroxylation sites is 1. The Hall–Kier alpha value is -2.95. The van der Waals surface area contributed by atoms with Crippen LogP contribution >= 0.6 is 0 Å². The third kappa shape index (κ3) is 2.08. The Morgan fingerprint density at radius 1 is 0.952 bits per heavy atom. The fourth-order valence-corrected chi connectivity index (χ4v) is 2.62. The molecule has 102 valence electrons. The fourth-order valence-electron chi connectivity index (χ4n) is 2.62. The SMILES string of the molecule is c1ccc(Cn2cc(-c3nnn[nH]3)c3ccccc32)cc1. The lowest BCUT2D eigenvalue weighted by Crippen LogP contribution is -1.97. The Labute approximate surface area is 121 Å². The van der Waals surface area contributed by atoms with Crippen LogP contribution in [0.15, 0.2) is 60.8 Å². The van der Waals surface area contributed by atoms with Gasteiger partial charge in [-0.3, -0.25) is 0 Å².